The molecule has 0 radical (unpaired) electrons. The van der Waals surface area contributed by atoms with Crippen molar-refractivity contribution in [3.63, 3.8) is 0 Å². The van der Waals surface area contributed by atoms with Gasteiger partial charge in [0.1, 0.15) is 0 Å². The van der Waals surface area contributed by atoms with E-state index in [-0.39, 0.29) is 0 Å². The van der Waals surface area contributed by atoms with Gasteiger partial charge in [0.05, 0.1) is 6.61 Å². The first kappa shape index (κ1) is 9.17. The second kappa shape index (κ2) is 3.21. The zero-order valence-electron chi connectivity index (χ0n) is 9.20. The maximum Gasteiger partial charge on any atom is 0.0613 e. The predicted molar refractivity (Wildman–Crippen MR) is 56.1 cm³/mol. The Morgan fingerprint density at radius 1 is 1.29 bits per heavy atom. The van der Waals surface area contributed by atoms with E-state index < -0.39 is 0 Å². The van der Waals surface area contributed by atoms with Crippen molar-refractivity contribution >= 4 is 0 Å². The second-order valence-corrected chi connectivity index (χ2v) is 5.54. The molecule has 1 N–H and O–H groups in total. The van der Waals surface area contributed by atoms with Crippen molar-refractivity contribution in [3.8, 4) is 0 Å². The summed E-state index contributed by atoms with van der Waals surface area (Å²) in [6, 6.07) is 1.39. The summed E-state index contributed by atoms with van der Waals surface area (Å²) in [6.07, 6.45) is 4.58. The van der Waals surface area contributed by atoms with Gasteiger partial charge in [-0.05, 0) is 49.9 Å². The molecule has 80 valence electrons. The van der Waals surface area contributed by atoms with Crippen molar-refractivity contribution in [1.29, 1.82) is 0 Å². The fraction of sp³-hybridized carbons (Fsp3) is 1.00. The van der Waals surface area contributed by atoms with E-state index in [4.69, 9.17) is 4.74 Å². The normalized spacial score (nSPS) is 50.6. The number of hydrogen-bond acceptors (Lipinski definition) is 2. The van der Waals surface area contributed by atoms with E-state index in [1.165, 1.54) is 12.8 Å². The van der Waals surface area contributed by atoms with Crippen molar-refractivity contribution in [3.05, 3.63) is 0 Å². The monoisotopic (exact) mass is 195 g/mol. The average molecular weight is 195 g/mol. The first-order valence-corrected chi connectivity index (χ1v) is 6.06. The highest BCUT2D eigenvalue weighted by molar-refractivity contribution is 5.17. The van der Waals surface area contributed by atoms with Crippen molar-refractivity contribution < 1.29 is 4.74 Å². The molecule has 3 fully saturated rings. The average Bonchev–Trinajstić information content (AvgIpc) is 2.60. The Kier molecular flexibility index (Phi) is 2.10. The molecule has 0 saturated heterocycles. The number of fused-ring (bicyclic) bond motifs is 5. The van der Waals surface area contributed by atoms with Gasteiger partial charge in [-0.15, -0.1) is 0 Å². The number of rotatable bonds is 4. The van der Waals surface area contributed by atoms with Gasteiger partial charge in [0.25, 0.3) is 0 Å². The zero-order valence-corrected chi connectivity index (χ0v) is 9.20. The molecule has 0 spiro atoms. The molecule has 3 aliphatic rings. The lowest BCUT2D eigenvalue weighted by Crippen LogP contribution is -2.35. The van der Waals surface area contributed by atoms with Crippen LogP contribution in [0.4, 0.5) is 0 Å². The number of nitrogens with one attached hydrogen (secondary N) is 1. The minimum Gasteiger partial charge on any atom is -0.383 e. The van der Waals surface area contributed by atoms with Crippen molar-refractivity contribution in [1.82, 2.24) is 5.32 Å². The topological polar surface area (TPSA) is 21.3 Å². The van der Waals surface area contributed by atoms with Crippen LogP contribution in [-0.2, 0) is 4.74 Å². The lowest BCUT2D eigenvalue weighted by atomic mass is 10.0. The summed E-state index contributed by atoms with van der Waals surface area (Å²) in [7, 11) is 1.79. The fourth-order valence-corrected chi connectivity index (χ4v) is 4.17. The summed E-state index contributed by atoms with van der Waals surface area (Å²) in [6.45, 7) is 3.09. The molecule has 3 saturated carbocycles. The van der Waals surface area contributed by atoms with Crippen LogP contribution in [0.15, 0.2) is 0 Å². The van der Waals surface area contributed by atoms with Crippen molar-refractivity contribution in [2.45, 2.75) is 38.3 Å². The van der Waals surface area contributed by atoms with Crippen LogP contribution < -0.4 is 5.32 Å². The molecule has 2 bridgehead atoms. The van der Waals surface area contributed by atoms with Crippen LogP contribution in [0.5, 0.6) is 0 Å². The summed E-state index contributed by atoms with van der Waals surface area (Å²) >= 11 is 0. The predicted octanol–water partition coefficient (Wildman–Crippen LogP) is 1.66. The summed E-state index contributed by atoms with van der Waals surface area (Å²) < 4.78 is 5.16. The molecule has 0 aliphatic heterocycles. The van der Waals surface area contributed by atoms with E-state index in [0.717, 1.165) is 36.3 Å². The van der Waals surface area contributed by atoms with Crippen LogP contribution in [-0.4, -0.2) is 25.8 Å². The Hall–Kier alpha value is -0.0800. The van der Waals surface area contributed by atoms with E-state index in [1.54, 1.807) is 13.5 Å². The Labute approximate surface area is 86.4 Å². The molecule has 0 amide bonds. The van der Waals surface area contributed by atoms with E-state index >= 15 is 0 Å². The smallest absolute Gasteiger partial charge is 0.0613 e. The Morgan fingerprint density at radius 2 is 1.93 bits per heavy atom. The van der Waals surface area contributed by atoms with Crippen molar-refractivity contribution in [2.75, 3.05) is 13.7 Å². The van der Waals surface area contributed by atoms with Gasteiger partial charge in [-0.3, -0.25) is 0 Å². The van der Waals surface area contributed by atoms with Crippen LogP contribution in [0, 0.1) is 23.7 Å². The lowest BCUT2D eigenvalue weighted by Gasteiger charge is -2.15. The highest BCUT2D eigenvalue weighted by Crippen LogP contribution is 2.65. The van der Waals surface area contributed by atoms with Gasteiger partial charge < -0.3 is 10.1 Å². The summed E-state index contributed by atoms with van der Waals surface area (Å²) in [5, 5.41) is 3.73. The standard InChI is InChI=1S/C12H21NO/c1-7(6-14-2)13-12-10-8-3-4-9(5-8)11(10)12/h7-13H,3-6H2,1-2H3. The zero-order chi connectivity index (χ0) is 9.71. The van der Waals surface area contributed by atoms with Crippen molar-refractivity contribution in [2.24, 2.45) is 23.7 Å². The third kappa shape index (κ3) is 1.24. The number of hydrogen-bond donors (Lipinski definition) is 1. The van der Waals surface area contributed by atoms with Crippen LogP contribution in [0.2, 0.25) is 0 Å². The van der Waals surface area contributed by atoms with Crippen LogP contribution in [0.25, 0.3) is 0 Å². The molecule has 0 aromatic heterocycles. The molecule has 14 heavy (non-hydrogen) atoms. The molecular formula is C12H21NO. The lowest BCUT2D eigenvalue weighted by molar-refractivity contribution is 0.169. The molecule has 5 atom stereocenters. The largest absolute Gasteiger partial charge is 0.383 e. The maximum absolute atomic E-state index is 5.16. The van der Waals surface area contributed by atoms with E-state index in [9.17, 15) is 0 Å². The highest BCUT2D eigenvalue weighted by Gasteiger charge is 2.64. The fourth-order valence-electron chi connectivity index (χ4n) is 4.17. The minimum atomic E-state index is 0.537. The Morgan fingerprint density at radius 3 is 2.50 bits per heavy atom. The van der Waals surface area contributed by atoms with Gasteiger partial charge in [-0.2, -0.15) is 0 Å². The molecule has 3 rings (SSSR count). The third-order valence-electron chi connectivity index (χ3n) is 4.63. The van der Waals surface area contributed by atoms with E-state index in [2.05, 4.69) is 12.2 Å². The molecule has 0 aromatic carbocycles. The van der Waals surface area contributed by atoms with Gasteiger partial charge in [0, 0.05) is 19.2 Å². The SMILES string of the molecule is COCC(C)NC1C2C3CCC(C3)C12. The summed E-state index contributed by atoms with van der Waals surface area (Å²) in [5.41, 5.74) is 0. The van der Waals surface area contributed by atoms with Crippen LogP contribution >= 0.6 is 0 Å². The maximum atomic E-state index is 5.16. The summed E-state index contributed by atoms with van der Waals surface area (Å²) in [4.78, 5) is 0. The molecule has 0 aromatic rings. The number of methoxy groups -OCH3 is 1. The van der Waals surface area contributed by atoms with Gasteiger partial charge in [0.2, 0.25) is 0 Å². The van der Waals surface area contributed by atoms with Gasteiger partial charge >= 0.3 is 0 Å². The van der Waals surface area contributed by atoms with E-state index in [1.807, 2.05) is 0 Å². The Bertz CT molecular complexity index is 214. The third-order valence-corrected chi connectivity index (χ3v) is 4.63. The first-order chi connectivity index (χ1) is 6.81. The van der Waals surface area contributed by atoms with E-state index in [0.29, 0.717) is 6.04 Å². The molecule has 2 heteroatoms. The van der Waals surface area contributed by atoms with Crippen LogP contribution in [0.3, 0.4) is 0 Å². The quantitative estimate of drug-likeness (QED) is 0.736. The molecule has 3 aliphatic carbocycles. The van der Waals surface area contributed by atoms with Gasteiger partial charge in [-0.1, -0.05) is 0 Å². The molecule has 0 heterocycles. The first-order valence-electron chi connectivity index (χ1n) is 6.06. The Balaban J connectivity index is 1.54. The molecule has 5 unspecified atom stereocenters. The van der Waals surface area contributed by atoms with Crippen LogP contribution in [0.1, 0.15) is 26.2 Å². The van der Waals surface area contributed by atoms with Gasteiger partial charge in [0.15, 0.2) is 0 Å². The molecule has 2 nitrogen and oxygen atoms in total. The summed E-state index contributed by atoms with van der Waals surface area (Å²) in [5.74, 6) is 4.26. The molecular weight excluding hydrogens is 174 g/mol. The number of ether oxygens (including phenoxy) is 1. The highest BCUT2D eigenvalue weighted by atomic mass is 16.5. The minimum absolute atomic E-state index is 0.537. The second-order valence-electron chi connectivity index (χ2n) is 5.54. The van der Waals surface area contributed by atoms with Gasteiger partial charge in [-0.25, -0.2) is 0 Å².